The number of alkyl carbamates (subject to hydrolysis) is 1. The molecule has 0 radical (unpaired) electrons. The molecule has 37 heavy (non-hydrogen) atoms. The Kier molecular flexibility index (Phi) is 9.44. The minimum absolute atomic E-state index is 0.187. The first-order valence-electron chi connectivity index (χ1n) is 11.4. The number of aliphatic hydroxyl groups excluding tert-OH is 1. The van der Waals surface area contributed by atoms with Gasteiger partial charge in [0.15, 0.2) is 0 Å². The number of amides is 2. The number of ether oxygens (including phenoxy) is 2. The van der Waals surface area contributed by atoms with Crippen LogP contribution in [0.2, 0.25) is 5.15 Å². The minimum Gasteiger partial charge on any atom is -0.444 e. The lowest BCUT2D eigenvalue weighted by Gasteiger charge is -2.27. The average Bonchev–Trinajstić information content (AvgIpc) is 3.37. The quantitative estimate of drug-likeness (QED) is 0.284. The molecule has 13 heteroatoms. The smallest absolute Gasteiger partial charge is 0.415 e. The summed E-state index contributed by atoms with van der Waals surface area (Å²) in [7, 11) is 0. The minimum atomic E-state index is -0.711. The topological polar surface area (TPSA) is 114 Å². The maximum Gasteiger partial charge on any atom is 0.415 e. The van der Waals surface area contributed by atoms with Gasteiger partial charge in [0.05, 0.1) is 39.6 Å². The second kappa shape index (κ2) is 11.8. The van der Waals surface area contributed by atoms with E-state index in [1.54, 1.807) is 53.8 Å². The number of aliphatic hydroxyl groups is 1. The van der Waals surface area contributed by atoms with Crippen molar-refractivity contribution in [3.63, 3.8) is 0 Å². The molecule has 2 N–H and O–H groups in total. The zero-order valence-corrected chi connectivity index (χ0v) is 25.4. The van der Waals surface area contributed by atoms with Gasteiger partial charge in [-0.2, -0.15) is 0 Å². The van der Waals surface area contributed by atoms with Crippen LogP contribution in [-0.4, -0.2) is 51.1 Å². The molecule has 3 rings (SSSR count). The van der Waals surface area contributed by atoms with E-state index in [2.05, 4.69) is 31.2 Å². The van der Waals surface area contributed by atoms with Gasteiger partial charge in [0.1, 0.15) is 21.4 Å². The van der Waals surface area contributed by atoms with Gasteiger partial charge < -0.3 is 19.9 Å². The van der Waals surface area contributed by atoms with E-state index in [4.69, 9.17) is 21.1 Å². The predicted molar refractivity (Wildman–Crippen MR) is 151 cm³/mol. The van der Waals surface area contributed by atoms with Crippen molar-refractivity contribution in [3.8, 4) is 0 Å². The first kappa shape index (κ1) is 29.6. The molecule has 0 aliphatic heterocycles. The summed E-state index contributed by atoms with van der Waals surface area (Å²) >= 11 is 12.8. The molecule has 1 atom stereocenters. The summed E-state index contributed by atoms with van der Waals surface area (Å²) in [6.07, 6.45) is 0.810. The Bertz CT molecular complexity index is 1250. The van der Waals surface area contributed by atoms with Crippen LogP contribution in [0.5, 0.6) is 0 Å². The summed E-state index contributed by atoms with van der Waals surface area (Å²) in [6, 6.07) is 1.02. The second-order valence-electron chi connectivity index (χ2n) is 10.2. The van der Waals surface area contributed by atoms with Crippen LogP contribution >= 0.6 is 50.2 Å². The summed E-state index contributed by atoms with van der Waals surface area (Å²) in [5.41, 5.74) is -0.293. The molecule has 3 aromatic rings. The highest BCUT2D eigenvalue weighted by Gasteiger charge is 2.29. The molecule has 0 bridgehead atoms. The van der Waals surface area contributed by atoms with E-state index in [0.717, 1.165) is 9.88 Å². The Balaban J connectivity index is 2.00. The molecule has 0 aromatic carbocycles. The molecule has 9 nitrogen and oxygen atoms in total. The van der Waals surface area contributed by atoms with Crippen LogP contribution in [0.25, 0.3) is 10.2 Å². The summed E-state index contributed by atoms with van der Waals surface area (Å²) in [4.78, 5) is 36.7. The maximum atomic E-state index is 13.3. The molecular formula is C24H30BrClN4O5S2. The van der Waals surface area contributed by atoms with E-state index >= 15 is 0 Å². The number of thiazole rings is 1. The molecule has 0 saturated carbocycles. The first-order chi connectivity index (χ1) is 17.2. The Morgan fingerprint density at radius 3 is 2.46 bits per heavy atom. The van der Waals surface area contributed by atoms with Crippen LogP contribution in [0.4, 0.5) is 15.3 Å². The van der Waals surface area contributed by atoms with Crippen molar-refractivity contribution >= 4 is 78.3 Å². The Morgan fingerprint density at radius 1 is 1.22 bits per heavy atom. The Morgan fingerprint density at radius 2 is 1.89 bits per heavy atom. The van der Waals surface area contributed by atoms with E-state index < -0.39 is 29.4 Å². The van der Waals surface area contributed by atoms with Gasteiger partial charge in [-0.3, -0.25) is 4.90 Å². The van der Waals surface area contributed by atoms with Crippen molar-refractivity contribution in [3.05, 3.63) is 37.2 Å². The molecule has 202 valence electrons. The number of hydrogen-bond acceptors (Lipinski definition) is 9. The number of carbonyl (C=O) groups is 2. The van der Waals surface area contributed by atoms with Crippen molar-refractivity contribution in [1.82, 2.24) is 15.3 Å². The molecule has 0 unspecified atom stereocenters. The second-order valence-corrected chi connectivity index (χ2v) is 13.5. The average molecular weight is 634 g/mol. The van der Waals surface area contributed by atoms with Crippen LogP contribution in [0, 0.1) is 0 Å². The first-order valence-corrected chi connectivity index (χ1v) is 14.3. The van der Waals surface area contributed by atoms with Crippen LogP contribution in [-0.2, 0) is 22.4 Å². The number of thiophene rings is 1. The zero-order valence-electron chi connectivity index (χ0n) is 21.4. The predicted octanol–water partition coefficient (Wildman–Crippen LogP) is 6.54. The number of hydrogen-bond donors (Lipinski definition) is 2. The number of pyridine rings is 1. The standard InChI is InChI=1S/C24H30BrClN4O5S2/c1-23(2,3)34-21(32)28-13(12-31)9-15-18(25)19-20(37-15)14(10-16(26)29-19)30(11-17-27-7-8-36-17)22(33)35-24(4,5)6/h7-8,10,13,31H,9,11-12H2,1-6H3,(H,28,32)/t13-/m1/s1. The van der Waals surface area contributed by atoms with Gasteiger partial charge in [-0.25, -0.2) is 19.6 Å². The van der Waals surface area contributed by atoms with E-state index in [1.807, 2.05) is 5.38 Å². The van der Waals surface area contributed by atoms with Gasteiger partial charge in [0, 0.05) is 28.9 Å². The van der Waals surface area contributed by atoms with Crippen molar-refractivity contribution in [1.29, 1.82) is 0 Å². The lowest BCUT2D eigenvalue weighted by molar-refractivity contribution is 0.0482. The summed E-state index contributed by atoms with van der Waals surface area (Å²) in [6.45, 7) is 10.6. The number of carbonyl (C=O) groups excluding carboxylic acids is 2. The number of fused-ring (bicyclic) bond motifs is 1. The molecule has 0 saturated heterocycles. The van der Waals surface area contributed by atoms with Gasteiger partial charge in [0.25, 0.3) is 0 Å². The molecule has 0 spiro atoms. The van der Waals surface area contributed by atoms with E-state index in [9.17, 15) is 14.7 Å². The number of aromatic nitrogens is 2. The molecule has 0 fully saturated rings. The van der Waals surface area contributed by atoms with E-state index in [1.165, 1.54) is 27.6 Å². The molecule has 0 aliphatic carbocycles. The van der Waals surface area contributed by atoms with Crippen LogP contribution in [0.1, 0.15) is 51.4 Å². The molecular weight excluding hydrogens is 604 g/mol. The van der Waals surface area contributed by atoms with Crippen molar-refractivity contribution in [2.24, 2.45) is 0 Å². The molecule has 2 amide bonds. The monoisotopic (exact) mass is 632 g/mol. The third-order valence-corrected chi connectivity index (χ3v) is 7.95. The SMILES string of the molecule is CC(C)(C)OC(=O)N[C@@H](CO)Cc1sc2c(N(Cc3nccs3)C(=O)OC(C)(C)C)cc(Cl)nc2c1Br. The molecule has 0 aliphatic rings. The van der Waals surface area contributed by atoms with Crippen LogP contribution < -0.4 is 10.2 Å². The Labute approximate surface area is 237 Å². The number of anilines is 1. The highest BCUT2D eigenvalue weighted by molar-refractivity contribution is 9.10. The fourth-order valence-corrected chi connectivity index (χ4v) is 6.11. The number of halogens is 2. The lowest BCUT2D eigenvalue weighted by atomic mass is 10.2. The lowest BCUT2D eigenvalue weighted by Crippen LogP contribution is -2.42. The van der Waals surface area contributed by atoms with Crippen molar-refractivity contribution in [2.45, 2.75) is 71.8 Å². The van der Waals surface area contributed by atoms with Gasteiger partial charge in [-0.05, 0) is 57.5 Å². The van der Waals surface area contributed by atoms with Gasteiger partial charge in [-0.15, -0.1) is 22.7 Å². The van der Waals surface area contributed by atoms with E-state index in [0.29, 0.717) is 26.8 Å². The maximum absolute atomic E-state index is 13.3. The summed E-state index contributed by atoms with van der Waals surface area (Å²) < 4.78 is 12.4. The van der Waals surface area contributed by atoms with Gasteiger partial charge in [0.2, 0.25) is 0 Å². The third kappa shape index (κ3) is 8.25. The summed E-state index contributed by atoms with van der Waals surface area (Å²) in [5.74, 6) is 0. The van der Waals surface area contributed by atoms with Gasteiger partial charge >= 0.3 is 12.2 Å². The zero-order chi connectivity index (χ0) is 27.5. The fraction of sp³-hybridized carbons (Fsp3) is 0.500. The van der Waals surface area contributed by atoms with Crippen LogP contribution in [0.3, 0.4) is 0 Å². The highest BCUT2D eigenvalue weighted by Crippen LogP contribution is 2.42. The Hall–Kier alpha value is -1.99. The highest BCUT2D eigenvalue weighted by atomic mass is 79.9. The fourth-order valence-electron chi connectivity index (χ4n) is 3.26. The molecule has 3 aromatic heterocycles. The normalized spacial score (nSPS) is 12.9. The summed E-state index contributed by atoms with van der Waals surface area (Å²) in [5, 5.41) is 15.4. The third-order valence-electron chi connectivity index (χ3n) is 4.65. The van der Waals surface area contributed by atoms with Crippen molar-refractivity contribution in [2.75, 3.05) is 11.5 Å². The van der Waals surface area contributed by atoms with E-state index in [-0.39, 0.29) is 18.3 Å². The number of nitrogens with zero attached hydrogens (tertiary/aromatic N) is 3. The number of nitrogens with one attached hydrogen (secondary N) is 1. The largest absolute Gasteiger partial charge is 0.444 e. The van der Waals surface area contributed by atoms with Crippen LogP contribution in [0.15, 0.2) is 22.1 Å². The van der Waals surface area contributed by atoms with Gasteiger partial charge in [-0.1, -0.05) is 11.6 Å². The number of rotatable bonds is 7. The molecule has 3 heterocycles. The van der Waals surface area contributed by atoms with Crippen molar-refractivity contribution < 1.29 is 24.2 Å².